The highest BCUT2D eigenvalue weighted by atomic mass is 32.2. The van der Waals surface area contributed by atoms with Gasteiger partial charge in [0.15, 0.2) is 12.2 Å². The predicted molar refractivity (Wildman–Crippen MR) is 57.8 cm³/mol. The maximum atomic E-state index is 11.5. The van der Waals surface area contributed by atoms with E-state index in [1.165, 1.54) is 0 Å². The first kappa shape index (κ1) is 10.2. The van der Waals surface area contributed by atoms with E-state index in [9.17, 15) is 9.59 Å². The van der Waals surface area contributed by atoms with Crippen molar-refractivity contribution in [2.24, 2.45) is 5.92 Å². The van der Waals surface area contributed by atoms with Crippen LogP contribution < -0.4 is 0 Å². The summed E-state index contributed by atoms with van der Waals surface area (Å²) in [6, 6.07) is 0. The lowest BCUT2D eigenvalue weighted by molar-refractivity contribution is -0.156. The summed E-state index contributed by atoms with van der Waals surface area (Å²) in [7, 11) is 0. The van der Waals surface area contributed by atoms with Crippen molar-refractivity contribution >= 4 is 23.7 Å². The standard InChI is InChI=1S/C11H12O4S/c1-4(2)10(12)14-7-6-3-5-9(16-6)8(7)15-11(5)13/h5-9H,1,3H2,2H3/t5-,6?,7?,8?,9?/m1/s1. The third-order valence-corrected chi connectivity index (χ3v) is 5.10. The first-order valence-corrected chi connectivity index (χ1v) is 6.24. The van der Waals surface area contributed by atoms with Gasteiger partial charge in [0.1, 0.15) is 0 Å². The van der Waals surface area contributed by atoms with Crippen molar-refractivity contribution in [3.05, 3.63) is 12.2 Å². The first-order chi connectivity index (χ1) is 7.58. The number of rotatable bonds is 2. The highest BCUT2D eigenvalue weighted by Gasteiger charge is 2.64. The number of fused-ring (bicyclic) bond motifs is 1. The molecule has 0 amide bonds. The van der Waals surface area contributed by atoms with E-state index >= 15 is 0 Å². The smallest absolute Gasteiger partial charge is 0.333 e. The van der Waals surface area contributed by atoms with E-state index in [1.807, 2.05) is 0 Å². The Kier molecular flexibility index (Phi) is 2.08. The van der Waals surface area contributed by atoms with Crippen LogP contribution in [-0.4, -0.2) is 34.6 Å². The van der Waals surface area contributed by atoms with Gasteiger partial charge in [-0.25, -0.2) is 4.79 Å². The van der Waals surface area contributed by atoms with Gasteiger partial charge in [-0.3, -0.25) is 4.79 Å². The quantitative estimate of drug-likeness (QED) is 0.530. The molecule has 0 radical (unpaired) electrons. The molecule has 16 heavy (non-hydrogen) atoms. The second kappa shape index (κ2) is 3.26. The Morgan fingerprint density at radius 2 is 2.38 bits per heavy atom. The van der Waals surface area contributed by atoms with Crippen LogP contribution in [-0.2, 0) is 19.1 Å². The maximum Gasteiger partial charge on any atom is 0.333 e. The van der Waals surface area contributed by atoms with Crippen LogP contribution in [0.15, 0.2) is 12.2 Å². The van der Waals surface area contributed by atoms with Crippen LogP contribution in [0.25, 0.3) is 0 Å². The van der Waals surface area contributed by atoms with Gasteiger partial charge in [-0.15, -0.1) is 11.8 Å². The van der Waals surface area contributed by atoms with Gasteiger partial charge in [0.2, 0.25) is 0 Å². The van der Waals surface area contributed by atoms with E-state index in [0.717, 1.165) is 6.42 Å². The van der Waals surface area contributed by atoms with Gasteiger partial charge in [-0.05, 0) is 13.3 Å². The average molecular weight is 240 g/mol. The van der Waals surface area contributed by atoms with Gasteiger partial charge in [0, 0.05) is 10.8 Å². The van der Waals surface area contributed by atoms with Crippen LogP contribution in [0.4, 0.5) is 0 Å². The molecule has 0 spiro atoms. The Balaban J connectivity index is 1.77. The molecule has 4 unspecified atom stereocenters. The van der Waals surface area contributed by atoms with Crippen molar-refractivity contribution in [1.29, 1.82) is 0 Å². The molecule has 3 rings (SSSR count). The molecule has 0 aromatic rings. The highest BCUT2D eigenvalue weighted by Crippen LogP contribution is 2.55. The molecule has 0 saturated carbocycles. The minimum Gasteiger partial charge on any atom is -0.457 e. The lowest BCUT2D eigenvalue weighted by Gasteiger charge is -2.23. The van der Waals surface area contributed by atoms with E-state index < -0.39 is 5.97 Å². The largest absolute Gasteiger partial charge is 0.457 e. The van der Waals surface area contributed by atoms with Crippen molar-refractivity contribution < 1.29 is 19.1 Å². The van der Waals surface area contributed by atoms with Gasteiger partial charge in [0.25, 0.3) is 0 Å². The van der Waals surface area contributed by atoms with Crippen molar-refractivity contribution in [1.82, 2.24) is 0 Å². The van der Waals surface area contributed by atoms with Crippen molar-refractivity contribution in [3.8, 4) is 0 Å². The predicted octanol–water partition coefficient (Wildman–Crippen LogP) is 0.904. The van der Waals surface area contributed by atoms with Crippen molar-refractivity contribution in [2.45, 2.75) is 36.1 Å². The number of ether oxygens (including phenoxy) is 2. The SMILES string of the molecule is C=C(C)C(=O)OC1C2C[C@H]3C(=O)OC1C3S2. The lowest BCUT2D eigenvalue weighted by atomic mass is 9.88. The number of carbonyl (C=O) groups excluding carboxylic acids is 2. The molecule has 86 valence electrons. The molecule has 4 nitrogen and oxygen atoms in total. The molecular formula is C11H12O4S. The molecule has 2 bridgehead atoms. The summed E-state index contributed by atoms with van der Waals surface area (Å²) >= 11 is 1.72. The van der Waals surface area contributed by atoms with E-state index in [0.29, 0.717) is 5.57 Å². The Morgan fingerprint density at radius 1 is 1.62 bits per heavy atom. The zero-order chi connectivity index (χ0) is 11.4. The Bertz CT molecular complexity index is 391. The third kappa shape index (κ3) is 1.24. The van der Waals surface area contributed by atoms with Gasteiger partial charge in [-0.1, -0.05) is 6.58 Å². The highest BCUT2D eigenvalue weighted by molar-refractivity contribution is 8.01. The molecule has 3 saturated heterocycles. The normalized spacial score (nSPS) is 43.3. The Hall–Kier alpha value is -0.970. The molecule has 5 heteroatoms. The fourth-order valence-electron chi connectivity index (χ4n) is 2.61. The third-order valence-electron chi connectivity index (χ3n) is 3.38. The molecule has 0 aromatic carbocycles. The molecule has 3 aliphatic rings. The summed E-state index contributed by atoms with van der Waals surface area (Å²) < 4.78 is 10.6. The van der Waals surface area contributed by atoms with Gasteiger partial charge in [0.05, 0.1) is 11.2 Å². The summed E-state index contributed by atoms with van der Waals surface area (Å²) in [4.78, 5) is 22.9. The van der Waals surface area contributed by atoms with Crippen LogP contribution in [0.3, 0.4) is 0 Å². The summed E-state index contributed by atoms with van der Waals surface area (Å²) in [5, 5.41) is 0.412. The molecular weight excluding hydrogens is 228 g/mol. The Labute approximate surface area is 97.4 Å². The topological polar surface area (TPSA) is 52.6 Å². The van der Waals surface area contributed by atoms with Crippen LogP contribution in [0.1, 0.15) is 13.3 Å². The van der Waals surface area contributed by atoms with E-state index in [-0.39, 0.29) is 34.6 Å². The molecule has 3 aliphatic heterocycles. The number of esters is 2. The Morgan fingerprint density at radius 3 is 3.06 bits per heavy atom. The summed E-state index contributed by atoms with van der Waals surface area (Å²) in [5.74, 6) is -0.490. The average Bonchev–Trinajstić information content (AvgIpc) is 2.81. The lowest BCUT2D eigenvalue weighted by Crippen LogP contribution is -2.40. The van der Waals surface area contributed by atoms with Gasteiger partial charge in [-0.2, -0.15) is 0 Å². The van der Waals surface area contributed by atoms with Gasteiger partial charge < -0.3 is 9.47 Å². The second-order valence-corrected chi connectivity index (χ2v) is 5.96. The summed E-state index contributed by atoms with van der Waals surface area (Å²) in [5.41, 5.74) is 0.383. The molecule has 0 N–H and O–H groups in total. The fraction of sp³-hybridized carbons (Fsp3) is 0.636. The van der Waals surface area contributed by atoms with Crippen LogP contribution >= 0.6 is 11.8 Å². The van der Waals surface area contributed by atoms with Crippen LogP contribution in [0.2, 0.25) is 0 Å². The number of thioether (sulfide) groups is 1. The van der Waals surface area contributed by atoms with Crippen molar-refractivity contribution in [2.75, 3.05) is 0 Å². The minimum atomic E-state index is -0.391. The zero-order valence-corrected chi connectivity index (χ0v) is 9.66. The monoisotopic (exact) mass is 240 g/mol. The molecule has 3 fully saturated rings. The number of carbonyl (C=O) groups is 2. The van der Waals surface area contributed by atoms with Gasteiger partial charge >= 0.3 is 11.9 Å². The molecule has 3 heterocycles. The maximum absolute atomic E-state index is 11.5. The number of hydrogen-bond acceptors (Lipinski definition) is 5. The zero-order valence-electron chi connectivity index (χ0n) is 8.84. The first-order valence-electron chi connectivity index (χ1n) is 5.30. The number of hydrogen-bond donors (Lipinski definition) is 0. The molecule has 0 aromatic heterocycles. The fourth-order valence-corrected chi connectivity index (χ4v) is 4.47. The molecule has 5 atom stereocenters. The van der Waals surface area contributed by atoms with Crippen molar-refractivity contribution in [3.63, 3.8) is 0 Å². The summed E-state index contributed by atoms with van der Waals surface area (Å²) in [6.07, 6.45) is 0.269. The second-order valence-electron chi connectivity index (χ2n) is 4.53. The van der Waals surface area contributed by atoms with E-state index in [2.05, 4.69) is 6.58 Å². The molecule has 0 aliphatic carbocycles. The van der Waals surface area contributed by atoms with E-state index in [1.54, 1.807) is 18.7 Å². The van der Waals surface area contributed by atoms with Crippen LogP contribution in [0.5, 0.6) is 0 Å². The summed E-state index contributed by atoms with van der Waals surface area (Å²) in [6.45, 7) is 5.16. The van der Waals surface area contributed by atoms with E-state index in [4.69, 9.17) is 9.47 Å². The van der Waals surface area contributed by atoms with Crippen LogP contribution in [0, 0.1) is 5.92 Å². The minimum absolute atomic E-state index is 0.0276.